The van der Waals surface area contributed by atoms with Gasteiger partial charge in [0.05, 0.1) is 18.3 Å². The molecule has 0 saturated carbocycles. The van der Waals surface area contributed by atoms with Crippen LogP contribution in [0.3, 0.4) is 0 Å². The molecule has 0 aromatic heterocycles. The Kier molecular flexibility index (Phi) is 4.36. The lowest BCUT2D eigenvalue weighted by atomic mass is 10.0. The first-order valence-corrected chi connectivity index (χ1v) is 6.83. The fourth-order valence-electron chi connectivity index (χ4n) is 2.60. The van der Waals surface area contributed by atoms with E-state index in [1.54, 1.807) is 0 Å². The highest BCUT2D eigenvalue weighted by atomic mass is 35.5. The molecule has 1 fully saturated rings. The Balaban J connectivity index is 2.14. The van der Waals surface area contributed by atoms with E-state index in [-0.39, 0.29) is 18.3 Å². The minimum atomic E-state index is -0.276. The van der Waals surface area contributed by atoms with Crippen LogP contribution in [0.25, 0.3) is 0 Å². The monoisotopic (exact) mass is 284 g/mol. The van der Waals surface area contributed by atoms with Gasteiger partial charge in [0.2, 0.25) is 0 Å². The average Bonchev–Trinajstić information content (AvgIpc) is 2.32. The average molecular weight is 285 g/mol. The van der Waals surface area contributed by atoms with Gasteiger partial charge in [-0.15, -0.1) is 0 Å². The summed E-state index contributed by atoms with van der Waals surface area (Å²) in [7, 11) is 0. The summed E-state index contributed by atoms with van der Waals surface area (Å²) in [6, 6.07) is 5.56. The highest BCUT2D eigenvalue weighted by Crippen LogP contribution is 2.27. The molecule has 5 heteroatoms. The van der Waals surface area contributed by atoms with Crippen LogP contribution in [0.5, 0.6) is 0 Å². The number of hydrogen-bond donors (Lipinski definition) is 2. The molecule has 2 rings (SSSR count). The number of rotatable bonds is 3. The van der Waals surface area contributed by atoms with E-state index in [4.69, 9.17) is 22.1 Å². The molecule has 0 aliphatic carbocycles. The molecule has 4 nitrogen and oxygen atoms in total. The highest BCUT2D eigenvalue weighted by Gasteiger charge is 2.33. The molecule has 106 valence electrons. The van der Waals surface area contributed by atoms with E-state index in [0.29, 0.717) is 23.8 Å². The van der Waals surface area contributed by atoms with E-state index in [0.717, 1.165) is 12.1 Å². The first kappa shape index (κ1) is 14.6. The molecule has 0 radical (unpaired) electrons. The molecular weight excluding hydrogens is 264 g/mol. The number of nitrogens with zero attached hydrogens (tertiary/aromatic N) is 1. The zero-order valence-electron chi connectivity index (χ0n) is 11.4. The highest BCUT2D eigenvalue weighted by molar-refractivity contribution is 6.31. The number of nitrogens with two attached hydrogens (primary N) is 1. The Bertz CT molecular complexity index is 431. The van der Waals surface area contributed by atoms with Gasteiger partial charge in [0.1, 0.15) is 0 Å². The summed E-state index contributed by atoms with van der Waals surface area (Å²) in [5, 5.41) is 10.00. The summed E-state index contributed by atoms with van der Waals surface area (Å²) >= 11 is 6.20. The lowest BCUT2D eigenvalue weighted by Crippen LogP contribution is -2.53. The molecule has 1 unspecified atom stereocenters. The van der Waals surface area contributed by atoms with Gasteiger partial charge in [0.15, 0.2) is 0 Å². The van der Waals surface area contributed by atoms with Crippen LogP contribution in [0, 0.1) is 0 Å². The standard InChI is InChI=1S/C14H21ClN2O2/c1-14(2)9-17(6-10(8-18)19-14)7-11-12(15)4-3-5-13(11)16/h3-5,10,18H,6-9,16H2,1-2H3. The summed E-state index contributed by atoms with van der Waals surface area (Å²) in [6.07, 6.45) is -0.160. The van der Waals surface area contributed by atoms with Crippen LogP contribution in [0.1, 0.15) is 19.4 Å². The zero-order chi connectivity index (χ0) is 14.0. The summed E-state index contributed by atoms with van der Waals surface area (Å²) in [5.74, 6) is 0. The van der Waals surface area contributed by atoms with Gasteiger partial charge in [0, 0.05) is 35.9 Å². The van der Waals surface area contributed by atoms with Crippen molar-refractivity contribution in [1.29, 1.82) is 0 Å². The van der Waals surface area contributed by atoms with Crippen LogP contribution in [0.15, 0.2) is 18.2 Å². The largest absolute Gasteiger partial charge is 0.398 e. The second-order valence-corrected chi connectivity index (χ2v) is 6.07. The zero-order valence-corrected chi connectivity index (χ0v) is 12.2. The van der Waals surface area contributed by atoms with E-state index in [2.05, 4.69) is 4.90 Å². The summed E-state index contributed by atoms with van der Waals surface area (Å²) in [4.78, 5) is 2.22. The lowest BCUT2D eigenvalue weighted by Gasteiger charge is -2.42. The molecule has 0 spiro atoms. The van der Waals surface area contributed by atoms with E-state index in [9.17, 15) is 5.11 Å². The molecule has 1 atom stereocenters. The fourth-order valence-corrected chi connectivity index (χ4v) is 2.84. The maximum atomic E-state index is 9.31. The topological polar surface area (TPSA) is 58.7 Å². The molecule has 19 heavy (non-hydrogen) atoms. The number of hydrogen-bond acceptors (Lipinski definition) is 4. The summed E-state index contributed by atoms with van der Waals surface area (Å²) in [5.41, 5.74) is 7.35. The van der Waals surface area contributed by atoms with Crippen molar-refractivity contribution in [3.8, 4) is 0 Å². The van der Waals surface area contributed by atoms with E-state index >= 15 is 0 Å². The number of anilines is 1. The van der Waals surface area contributed by atoms with Gasteiger partial charge in [-0.3, -0.25) is 4.90 Å². The van der Waals surface area contributed by atoms with Gasteiger partial charge in [-0.25, -0.2) is 0 Å². The minimum absolute atomic E-state index is 0.0257. The second kappa shape index (κ2) is 5.67. The van der Waals surface area contributed by atoms with Crippen molar-refractivity contribution in [2.75, 3.05) is 25.4 Å². The predicted molar refractivity (Wildman–Crippen MR) is 77.2 cm³/mol. The number of aliphatic hydroxyl groups excluding tert-OH is 1. The van der Waals surface area contributed by atoms with Crippen molar-refractivity contribution in [3.63, 3.8) is 0 Å². The van der Waals surface area contributed by atoms with Gasteiger partial charge in [0.25, 0.3) is 0 Å². The Morgan fingerprint density at radius 1 is 1.53 bits per heavy atom. The Morgan fingerprint density at radius 2 is 2.26 bits per heavy atom. The smallest absolute Gasteiger partial charge is 0.0940 e. The summed E-state index contributed by atoms with van der Waals surface area (Å²) in [6.45, 7) is 6.22. The molecule has 3 N–H and O–H groups in total. The maximum Gasteiger partial charge on any atom is 0.0940 e. The molecule has 1 aromatic rings. The van der Waals surface area contributed by atoms with E-state index in [1.807, 2.05) is 32.0 Å². The second-order valence-electron chi connectivity index (χ2n) is 5.66. The van der Waals surface area contributed by atoms with Crippen LogP contribution < -0.4 is 5.73 Å². The molecule has 1 aliphatic rings. The number of benzene rings is 1. The van der Waals surface area contributed by atoms with Crippen LogP contribution >= 0.6 is 11.6 Å². The number of halogens is 1. The van der Waals surface area contributed by atoms with Gasteiger partial charge < -0.3 is 15.6 Å². The molecule has 0 amide bonds. The van der Waals surface area contributed by atoms with Crippen LogP contribution in [0.4, 0.5) is 5.69 Å². The van der Waals surface area contributed by atoms with Crippen molar-refractivity contribution in [3.05, 3.63) is 28.8 Å². The molecule has 1 saturated heterocycles. The predicted octanol–water partition coefficient (Wildman–Crippen LogP) is 1.89. The third-order valence-corrected chi connectivity index (χ3v) is 3.65. The lowest BCUT2D eigenvalue weighted by molar-refractivity contribution is -0.150. The van der Waals surface area contributed by atoms with Crippen molar-refractivity contribution in [2.24, 2.45) is 0 Å². The Hall–Kier alpha value is -0.810. The van der Waals surface area contributed by atoms with E-state index < -0.39 is 0 Å². The van der Waals surface area contributed by atoms with Crippen LogP contribution in [0.2, 0.25) is 5.02 Å². The minimum Gasteiger partial charge on any atom is -0.398 e. The van der Waals surface area contributed by atoms with Crippen molar-refractivity contribution >= 4 is 17.3 Å². The molecule has 0 bridgehead atoms. The number of morpholine rings is 1. The van der Waals surface area contributed by atoms with Crippen LogP contribution in [-0.2, 0) is 11.3 Å². The molecule has 1 aromatic carbocycles. The first-order chi connectivity index (χ1) is 8.91. The number of ether oxygens (including phenoxy) is 1. The van der Waals surface area contributed by atoms with Gasteiger partial charge in [-0.2, -0.15) is 0 Å². The van der Waals surface area contributed by atoms with Gasteiger partial charge in [-0.05, 0) is 26.0 Å². The fraction of sp³-hybridized carbons (Fsp3) is 0.571. The third kappa shape index (κ3) is 3.60. The quantitative estimate of drug-likeness (QED) is 0.833. The molecular formula is C14H21ClN2O2. The van der Waals surface area contributed by atoms with Crippen molar-refractivity contribution < 1.29 is 9.84 Å². The number of nitrogen functional groups attached to an aromatic ring is 1. The molecule has 1 aliphatic heterocycles. The summed E-state index contributed by atoms with van der Waals surface area (Å²) < 4.78 is 5.80. The Morgan fingerprint density at radius 3 is 2.89 bits per heavy atom. The third-order valence-electron chi connectivity index (χ3n) is 3.29. The number of aliphatic hydroxyl groups is 1. The van der Waals surface area contributed by atoms with Crippen molar-refractivity contribution in [1.82, 2.24) is 4.90 Å². The van der Waals surface area contributed by atoms with Gasteiger partial charge in [-0.1, -0.05) is 17.7 Å². The first-order valence-electron chi connectivity index (χ1n) is 6.45. The maximum absolute atomic E-state index is 9.31. The SMILES string of the molecule is CC1(C)CN(Cc2c(N)cccc2Cl)CC(CO)O1. The van der Waals surface area contributed by atoms with Crippen molar-refractivity contribution in [2.45, 2.75) is 32.1 Å². The van der Waals surface area contributed by atoms with E-state index in [1.165, 1.54) is 0 Å². The van der Waals surface area contributed by atoms with Gasteiger partial charge >= 0.3 is 0 Å². The molecule has 1 heterocycles. The Labute approximate surface area is 119 Å². The normalized spacial score (nSPS) is 23.5. The van der Waals surface area contributed by atoms with Crippen LogP contribution in [-0.4, -0.2) is 41.4 Å².